The number of aryl methyl sites for hydroxylation is 1. The van der Waals surface area contributed by atoms with Crippen molar-refractivity contribution in [3.8, 4) is 0 Å². The molecule has 3 heterocycles. The summed E-state index contributed by atoms with van der Waals surface area (Å²) >= 11 is 0. The number of hydrogen-bond donors (Lipinski definition) is 1. The minimum Gasteiger partial charge on any atom is -0.345 e. The van der Waals surface area contributed by atoms with E-state index in [1.54, 1.807) is 0 Å². The molecule has 2 aliphatic rings. The summed E-state index contributed by atoms with van der Waals surface area (Å²) in [6, 6.07) is 8.02. The predicted octanol–water partition coefficient (Wildman–Crippen LogP) is 3.33. The first kappa shape index (κ1) is 19.7. The first-order chi connectivity index (χ1) is 14.0. The molecule has 6 nitrogen and oxygen atoms in total. The van der Waals surface area contributed by atoms with Crippen LogP contribution in [0.1, 0.15) is 70.5 Å². The number of likely N-dealkylation sites (tertiary alicyclic amines) is 1. The van der Waals surface area contributed by atoms with Crippen LogP contribution in [-0.2, 0) is 19.5 Å². The molecule has 1 atom stereocenters. The van der Waals surface area contributed by atoms with Crippen molar-refractivity contribution in [1.82, 2.24) is 19.8 Å². The Morgan fingerprint density at radius 1 is 1.17 bits per heavy atom. The van der Waals surface area contributed by atoms with Gasteiger partial charge in [0.2, 0.25) is 0 Å². The number of amides is 2. The van der Waals surface area contributed by atoms with Crippen LogP contribution in [0.15, 0.2) is 24.3 Å². The number of piperidine rings is 1. The quantitative estimate of drug-likeness (QED) is 0.865. The monoisotopic (exact) mass is 394 g/mol. The normalized spacial score (nSPS) is 19.0. The molecule has 2 aromatic rings. The van der Waals surface area contributed by atoms with Gasteiger partial charge in [0.05, 0.1) is 5.69 Å². The molecule has 1 aromatic carbocycles. The highest BCUT2D eigenvalue weighted by Crippen LogP contribution is 2.24. The Bertz CT molecular complexity index is 918. The third-order valence-electron chi connectivity index (χ3n) is 6.17. The van der Waals surface area contributed by atoms with Crippen LogP contribution in [0.3, 0.4) is 0 Å². The van der Waals surface area contributed by atoms with Gasteiger partial charge in [-0.1, -0.05) is 31.2 Å². The van der Waals surface area contributed by atoms with E-state index in [1.807, 2.05) is 40.7 Å². The highest BCUT2D eigenvalue weighted by Gasteiger charge is 2.31. The number of carbonyl (C=O) groups is 2. The second-order valence-electron chi connectivity index (χ2n) is 8.45. The molecule has 0 saturated carbocycles. The maximum Gasteiger partial charge on any atom is 0.287 e. The van der Waals surface area contributed by atoms with E-state index in [0.717, 1.165) is 68.6 Å². The SMILES string of the molecule is Cc1ccccc1CNC(=O)c1nc(C(=O)N2CCCC(C)C2)c2n1CCCC2. The van der Waals surface area contributed by atoms with Crippen molar-refractivity contribution in [1.29, 1.82) is 0 Å². The van der Waals surface area contributed by atoms with Crippen molar-refractivity contribution >= 4 is 11.8 Å². The molecule has 1 saturated heterocycles. The van der Waals surface area contributed by atoms with Crippen LogP contribution in [0.5, 0.6) is 0 Å². The molecule has 4 rings (SSSR count). The Kier molecular flexibility index (Phi) is 5.69. The molecule has 0 radical (unpaired) electrons. The second kappa shape index (κ2) is 8.39. The maximum atomic E-state index is 13.2. The van der Waals surface area contributed by atoms with Gasteiger partial charge in [0.1, 0.15) is 5.69 Å². The molecule has 0 bridgehead atoms. The topological polar surface area (TPSA) is 67.2 Å². The Balaban J connectivity index is 1.56. The summed E-state index contributed by atoms with van der Waals surface area (Å²) < 4.78 is 1.97. The summed E-state index contributed by atoms with van der Waals surface area (Å²) in [5.41, 5.74) is 3.65. The second-order valence-corrected chi connectivity index (χ2v) is 8.45. The molecule has 1 N–H and O–H groups in total. The molecule has 0 spiro atoms. The summed E-state index contributed by atoms with van der Waals surface area (Å²) in [6.07, 6.45) is 5.05. The third-order valence-corrected chi connectivity index (χ3v) is 6.17. The molecule has 0 aliphatic carbocycles. The van der Waals surface area contributed by atoms with Crippen molar-refractivity contribution in [3.05, 3.63) is 52.6 Å². The lowest BCUT2D eigenvalue weighted by Gasteiger charge is -2.30. The number of nitrogens with one attached hydrogen (secondary N) is 1. The average molecular weight is 395 g/mol. The van der Waals surface area contributed by atoms with Crippen molar-refractivity contribution in [2.24, 2.45) is 5.92 Å². The van der Waals surface area contributed by atoms with E-state index in [4.69, 9.17) is 0 Å². The van der Waals surface area contributed by atoms with Crippen molar-refractivity contribution < 1.29 is 9.59 Å². The molecular weight excluding hydrogens is 364 g/mol. The molecular formula is C23H30N4O2. The molecule has 1 aromatic heterocycles. The van der Waals surface area contributed by atoms with E-state index >= 15 is 0 Å². The third kappa shape index (κ3) is 4.07. The lowest BCUT2D eigenvalue weighted by molar-refractivity contribution is 0.0676. The Labute approximate surface area is 172 Å². The van der Waals surface area contributed by atoms with Gasteiger partial charge in [-0.15, -0.1) is 0 Å². The van der Waals surface area contributed by atoms with E-state index in [2.05, 4.69) is 17.2 Å². The van der Waals surface area contributed by atoms with Gasteiger partial charge >= 0.3 is 0 Å². The van der Waals surface area contributed by atoms with E-state index in [1.165, 1.54) is 0 Å². The van der Waals surface area contributed by atoms with Gasteiger partial charge in [0, 0.05) is 26.2 Å². The summed E-state index contributed by atoms with van der Waals surface area (Å²) in [5.74, 6) is 0.673. The number of nitrogens with zero attached hydrogens (tertiary/aromatic N) is 3. The van der Waals surface area contributed by atoms with Crippen molar-refractivity contribution in [3.63, 3.8) is 0 Å². The Hall–Kier alpha value is -2.63. The predicted molar refractivity (Wildman–Crippen MR) is 112 cm³/mol. The first-order valence-corrected chi connectivity index (χ1v) is 10.8. The van der Waals surface area contributed by atoms with Gasteiger partial charge in [-0.2, -0.15) is 0 Å². The van der Waals surface area contributed by atoms with E-state index in [-0.39, 0.29) is 11.8 Å². The highest BCUT2D eigenvalue weighted by molar-refractivity contribution is 5.97. The fourth-order valence-electron chi connectivity index (χ4n) is 4.47. The largest absolute Gasteiger partial charge is 0.345 e. The van der Waals surface area contributed by atoms with Crippen molar-refractivity contribution in [2.45, 2.75) is 59.0 Å². The standard InChI is InChI=1S/C23H30N4O2/c1-16-8-7-12-26(15-16)23(29)20-19-11-5-6-13-27(19)21(25-20)22(28)24-14-18-10-4-3-9-17(18)2/h3-4,9-10,16H,5-8,11-15H2,1-2H3,(H,24,28). The van der Waals surface area contributed by atoms with Crippen LogP contribution < -0.4 is 5.32 Å². The number of hydrogen-bond acceptors (Lipinski definition) is 3. The zero-order valence-electron chi connectivity index (χ0n) is 17.4. The Morgan fingerprint density at radius 3 is 2.79 bits per heavy atom. The molecule has 154 valence electrons. The number of aromatic nitrogens is 2. The molecule has 29 heavy (non-hydrogen) atoms. The summed E-state index contributed by atoms with van der Waals surface area (Å²) in [5, 5.41) is 3.00. The van der Waals surface area contributed by atoms with Gasteiger partial charge in [0.15, 0.2) is 5.82 Å². The van der Waals surface area contributed by atoms with Crippen LogP contribution in [0.4, 0.5) is 0 Å². The lowest BCUT2D eigenvalue weighted by Crippen LogP contribution is -2.39. The number of rotatable bonds is 4. The van der Waals surface area contributed by atoms with Crippen molar-refractivity contribution in [2.75, 3.05) is 13.1 Å². The number of fused-ring (bicyclic) bond motifs is 1. The summed E-state index contributed by atoms with van der Waals surface area (Å²) in [7, 11) is 0. The van der Waals surface area contributed by atoms with E-state index in [0.29, 0.717) is 24.0 Å². The minimum atomic E-state index is -0.206. The smallest absolute Gasteiger partial charge is 0.287 e. The molecule has 1 fully saturated rings. The minimum absolute atomic E-state index is 0.0137. The number of benzene rings is 1. The zero-order chi connectivity index (χ0) is 20.4. The number of imidazole rings is 1. The van der Waals surface area contributed by atoms with E-state index < -0.39 is 0 Å². The van der Waals surface area contributed by atoms with Crippen LogP contribution in [0.25, 0.3) is 0 Å². The van der Waals surface area contributed by atoms with Gasteiger partial charge in [-0.25, -0.2) is 4.98 Å². The lowest BCUT2D eigenvalue weighted by atomic mass is 9.99. The first-order valence-electron chi connectivity index (χ1n) is 10.8. The molecule has 6 heteroatoms. The highest BCUT2D eigenvalue weighted by atomic mass is 16.2. The van der Waals surface area contributed by atoms with Gasteiger partial charge < -0.3 is 14.8 Å². The fraction of sp³-hybridized carbons (Fsp3) is 0.522. The van der Waals surface area contributed by atoms with E-state index in [9.17, 15) is 9.59 Å². The fourth-order valence-corrected chi connectivity index (χ4v) is 4.47. The van der Waals surface area contributed by atoms with Crippen LogP contribution in [0, 0.1) is 12.8 Å². The average Bonchev–Trinajstić information content (AvgIpc) is 3.12. The van der Waals surface area contributed by atoms with Gasteiger partial charge in [-0.3, -0.25) is 9.59 Å². The molecule has 2 aliphatic heterocycles. The molecule has 1 unspecified atom stereocenters. The zero-order valence-corrected chi connectivity index (χ0v) is 17.4. The van der Waals surface area contributed by atoms with Crippen LogP contribution >= 0.6 is 0 Å². The molecule has 2 amide bonds. The van der Waals surface area contributed by atoms with Gasteiger partial charge in [-0.05, 0) is 56.1 Å². The van der Waals surface area contributed by atoms with Crippen LogP contribution in [-0.4, -0.2) is 39.4 Å². The summed E-state index contributed by atoms with van der Waals surface area (Å²) in [6.45, 7) is 6.99. The summed E-state index contributed by atoms with van der Waals surface area (Å²) in [4.78, 5) is 32.6. The maximum absolute atomic E-state index is 13.2. The van der Waals surface area contributed by atoms with Gasteiger partial charge in [0.25, 0.3) is 11.8 Å². The van der Waals surface area contributed by atoms with Crippen LogP contribution in [0.2, 0.25) is 0 Å². The number of carbonyl (C=O) groups excluding carboxylic acids is 2. The Morgan fingerprint density at radius 2 is 2.00 bits per heavy atom.